The van der Waals surface area contributed by atoms with Crippen molar-refractivity contribution in [2.45, 2.75) is 26.3 Å². The second-order valence-electron chi connectivity index (χ2n) is 5.61. The van der Waals surface area contributed by atoms with Gasteiger partial charge < -0.3 is 5.32 Å². The minimum Gasteiger partial charge on any atom is -0.349 e. The molecule has 0 saturated heterocycles. The third-order valence-electron chi connectivity index (χ3n) is 3.85. The number of rotatable bonds is 5. The van der Waals surface area contributed by atoms with Crippen LogP contribution in [0.15, 0.2) is 55.1 Å². The van der Waals surface area contributed by atoms with Crippen molar-refractivity contribution in [1.82, 2.24) is 25.1 Å². The lowest BCUT2D eigenvalue weighted by Crippen LogP contribution is -2.28. The number of hydrogen-bond acceptors (Lipinski definition) is 4. The largest absolute Gasteiger partial charge is 0.349 e. The fourth-order valence-electron chi connectivity index (χ4n) is 2.62. The van der Waals surface area contributed by atoms with Gasteiger partial charge in [0.05, 0.1) is 18.7 Å². The van der Waals surface area contributed by atoms with Gasteiger partial charge in [-0.2, -0.15) is 5.10 Å². The molecule has 0 spiro atoms. The number of pyridine rings is 2. The number of hydrogen-bond donors (Lipinski definition) is 1. The quantitative estimate of drug-likeness (QED) is 0.783. The van der Waals surface area contributed by atoms with Gasteiger partial charge in [-0.3, -0.25) is 9.78 Å². The third kappa shape index (κ3) is 3.48. The van der Waals surface area contributed by atoms with Crippen LogP contribution < -0.4 is 5.32 Å². The molecule has 3 heterocycles. The molecule has 3 rings (SSSR count). The van der Waals surface area contributed by atoms with Crippen LogP contribution in [-0.4, -0.2) is 25.7 Å². The van der Waals surface area contributed by atoms with Crippen LogP contribution in [0, 0.1) is 6.92 Å². The molecule has 0 fully saturated rings. The fraction of sp³-hybridized carbons (Fsp3) is 0.222. The number of carbonyl (C=O) groups is 1. The summed E-state index contributed by atoms with van der Waals surface area (Å²) in [7, 11) is 0. The molecular weight excluding hydrogens is 302 g/mol. The van der Waals surface area contributed by atoms with Crippen molar-refractivity contribution in [2.24, 2.45) is 0 Å². The van der Waals surface area contributed by atoms with Crippen LogP contribution >= 0.6 is 0 Å². The van der Waals surface area contributed by atoms with E-state index in [0.29, 0.717) is 6.42 Å². The van der Waals surface area contributed by atoms with Gasteiger partial charge in [0.15, 0.2) is 5.82 Å². The molecule has 0 aromatic carbocycles. The van der Waals surface area contributed by atoms with E-state index in [-0.39, 0.29) is 11.9 Å². The maximum absolute atomic E-state index is 12.2. The summed E-state index contributed by atoms with van der Waals surface area (Å²) < 4.78 is 1.78. The standard InChI is InChI=1S/C18H19N5O/c1-13(22-18(24)10-15-6-5-8-19-11-15)16-12-21-23(14(16)2)17-7-3-4-9-20-17/h3-9,11-13H,10H2,1-2H3,(H,22,24). The van der Waals surface area contributed by atoms with Crippen molar-refractivity contribution < 1.29 is 4.79 Å². The number of carbonyl (C=O) groups excluding carboxylic acids is 1. The highest BCUT2D eigenvalue weighted by Crippen LogP contribution is 2.19. The molecule has 1 amide bonds. The van der Waals surface area contributed by atoms with E-state index in [1.807, 2.05) is 44.2 Å². The van der Waals surface area contributed by atoms with E-state index in [0.717, 1.165) is 22.6 Å². The van der Waals surface area contributed by atoms with Gasteiger partial charge in [0.25, 0.3) is 0 Å². The zero-order valence-corrected chi connectivity index (χ0v) is 13.7. The Hall–Kier alpha value is -3.02. The summed E-state index contributed by atoms with van der Waals surface area (Å²) in [6, 6.07) is 9.27. The van der Waals surface area contributed by atoms with Gasteiger partial charge in [0.2, 0.25) is 5.91 Å². The molecule has 1 unspecified atom stereocenters. The molecule has 0 aliphatic rings. The van der Waals surface area contributed by atoms with Gasteiger partial charge in [-0.15, -0.1) is 0 Å². The summed E-state index contributed by atoms with van der Waals surface area (Å²) >= 11 is 0. The molecule has 3 aromatic rings. The summed E-state index contributed by atoms with van der Waals surface area (Å²) in [5.74, 6) is 0.718. The Morgan fingerprint density at radius 3 is 2.79 bits per heavy atom. The molecular formula is C18H19N5O. The molecule has 6 nitrogen and oxygen atoms in total. The Morgan fingerprint density at radius 2 is 2.08 bits per heavy atom. The molecule has 0 aliphatic heterocycles. The first-order valence-corrected chi connectivity index (χ1v) is 7.79. The zero-order valence-electron chi connectivity index (χ0n) is 13.7. The second kappa shape index (κ2) is 7.04. The maximum atomic E-state index is 12.2. The number of nitrogens with zero attached hydrogens (tertiary/aromatic N) is 4. The summed E-state index contributed by atoms with van der Waals surface area (Å²) in [6.45, 7) is 3.93. The van der Waals surface area contributed by atoms with Crippen LogP contribution in [0.4, 0.5) is 0 Å². The Kier molecular flexibility index (Phi) is 4.65. The molecule has 24 heavy (non-hydrogen) atoms. The predicted octanol–water partition coefficient (Wildman–Crippen LogP) is 2.39. The highest BCUT2D eigenvalue weighted by molar-refractivity contribution is 5.78. The summed E-state index contributed by atoms with van der Waals surface area (Å²) in [4.78, 5) is 20.5. The summed E-state index contributed by atoms with van der Waals surface area (Å²) in [5.41, 5.74) is 2.83. The average Bonchev–Trinajstić information content (AvgIpc) is 2.98. The molecule has 0 saturated carbocycles. The minimum absolute atomic E-state index is 0.0412. The van der Waals surface area contributed by atoms with Crippen molar-refractivity contribution in [3.05, 3.63) is 71.9 Å². The first-order chi connectivity index (χ1) is 11.6. The van der Waals surface area contributed by atoms with Crippen molar-refractivity contribution in [3.8, 4) is 5.82 Å². The molecule has 6 heteroatoms. The number of aromatic nitrogens is 4. The second-order valence-corrected chi connectivity index (χ2v) is 5.61. The molecule has 0 aliphatic carbocycles. The molecule has 3 aromatic heterocycles. The molecule has 1 N–H and O–H groups in total. The van der Waals surface area contributed by atoms with Gasteiger partial charge in [-0.1, -0.05) is 12.1 Å². The monoisotopic (exact) mass is 321 g/mol. The third-order valence-corrected chi connectivity index (χ3v) is 3.85. The van der Waals surface area contributed by atoms with Gasteiger partial charge in [0, 0.05) is 29.8 Å². The Morgan fingerprint density at radius 1 is 1.21 bits per heavy atom. The van der Waals surface area contributed by atoms with Crippen LogP contribution in [0.3, 0.4) is 0 Å². The Bertz CT molecular complexity index is 814. The molecule has 0 bridgehead atoms. The van der Waals surface area contributed by atoms with E-state index >= 15 is 0 Å². The normalized spacial score (nSPS) is 11.9. The topological polar surface area (TPSA) is 72.7 Å². The van der Waals surface area contributed by atoms with E-state index in [9.17, 15) is 4.79 Å². The summed E-state index contributed by atoms with van der Waals surface area (Å²) in [5, 5.41) is 7.40. The fourth-order valence-corrected chi connectivity index (χ4v) is 2.62. The van der Waals surface area contributed by atoms with Gasteiger partial charge in [-0.25, -0.2) is 9.67 Å². The average molecular weight is 321 g/mol. The lowest BCUT2D eigenvalue weighted by atomic mass is 10.1. The lowest BCUT2D eigenvalue weighted by Gasteiger charge is -2.14. The van der Waals surface area contributed by atoms with E-state index in [4.69, 9.17) is 0 Å². The van der Waals surface area contributed by atoms with Crippen LogP contribution in [-0.2, 0) is 11.2 Å². The van der Waals surface area contributed by atoms with Crippen molar-refractivity contribution in [2.75, 3.05) is 0 Å². The summed E-state index contributed by atoms with van der Waals surface area (Å²) in [6.07, 6.45) is 7.22. The van der Waals surface area contributed by atoms with E-state index in [1.165, 1.54) is 0 Å². The first-order valence-electron chi connectivity index (χ1n) is 7.79. The van der Waals surface area contributed by atoms with Gasteiger partial charge in [-0.05, 0) is 37.6 Å². The zero-order chi connectivity index (χ0) is 16.9. The smallest absolute Gasteiger partial charge is 0.224 e. The SMILES string of the molecule is Cc1c(C(C)NC(=O)Cc2cccnc2)cnn1-c1ccccn1. The van der Waals surface area contributed by atoms with E-state index in [2.05, 4.69) is 20.4 Å². The van der Waals surface area contributed by atoms with E-state index < -0.39 is 0 Å². The highest BCUT2D eigenvalue weighted by atomic mass is 16.1. The highest BCUT2D eigenvalue weighted by Gasteiger charge is 2.16. The molecule has 122 valence electrons. The van der Waals surface area contributed by atoms with Crippen molar-refractivity contribution in [1.29, 1.82) is 0 Å². The molecule has 0 radical (unpaired) electrons. The lowest BCUT2D eigenvalue weighted by molar-refractivity contribution is -0.121. The first kappa shape index (κ1) is 15.9. The van der Waals surface area contributed by atoms with Crippen molar-refractivity contribution >= 4 is 5.91 Å². The molecule has 1 atom stereocenters. The van der Waals surface area contributed by atoms with Crippen LogP contribution in [0.1, 0.15) is 29.8 Å². The van der Waals surface area contributed by atoms with Gasteiger partial charge in [0.1, 0.15) is 0 Å². The Balaban J connectivity index is 1.70. The van der Waals surface area contributed by atoms with Crippen LogP contribution in [0.25, 0.3) is 5.82 Å². The van der Waals surface area contributed by atoms with Crippen LogP contribution in [0.5, 0.6) is 0 Å². The minimum atomic E-state index is -0.133. The van der Waals surface area contributed by atoms with Crippen LogP contribution in [0.2, 0.25) is 0 Å². The predicted molar refractivity (Wildman–Crippen MR) is 90.6 cm³/mol. The van der Waals surface area contributed by atoms with Gasteiger partial charge >= 0.3 is 0 Å². The number of nitrogens with one attached hydrogen (secondary N) is 1. The number of amides is 1. The van der Waals surface area contributed by atoms with Crippen molar-refractivity contribution in [3.63, 3.8) is 0 Å². The van der Waals surface area contributed by atoms with E-state index in [1.54, 1.807) is 29.5 Å². The maximum Gasteiger partial charge on any atom is 0.224 e. The Labute approximate surface area is 140 Å².